The normalized spacial score (nSPS) is 12.2. The number of amides is 2. The maximum absolute atomic E-state index is 11.8. The number of carboxylic acids is 1. The molecule has 1 heterocycles. The lowest BCUT2D eigenvalue weighted by Crippen LogP contribution is -2.39. The average molecular weight is 299 g/mol. The van der Waals surface area contributed by atoms with E-state index in [0.717, 1.165) is 12.1 Å². The van der Waals surface area contributed by atoms with E-state index in [1.54, 1.807) is 0 Å². The standard InChI is InChI=1S/C13H21N3O3S/c1-4-5-9(6-11(17)18)14-12(19)16-13-15-10(7-20-13)8(2)3/h7-9H,4-6H2,1-3H3,(H,17,18)(H2,14,15,16,19). The molecule has 0 aliphatic rings. The van der Waals surface area contributed by atoms with Crippen molar-refractivity contribution in [2.24, 2.45) is 0 Å². The Balaban J connectivity index is 2.53. The maximum Gasteiger partial charge on any atom is 0.321 e. The van der Waals surface area contributed by atoms with E-state index in [2.05, 4.69) is 15.6 Å². The predicted molar refractivity (Wildman–Crippen MR) is 79.3 cm³/mol. The number of aliphatic carboxylic acids is 1. The molecule has 0 radical (unpaired) electrons. The van der Waals surface area contributed by atoms with Crippen LogP contribution in [0.25, 0.3) is 0 Å². The first kappa shape index (κ1) is 16.4. The van der Waals surface area contributed by atoms with Crippen LogP contribution in [0.15, 0.2) is 5.38 Å². The van der Waals surface area contributed by atoms with Crippen molar-refractivity contribution in [3.05, 3.63) is 11.1 Å². The number of carbonyl (C=O) groups is 2. The number of thiazole rings is 1. The molecule has 0 fully saturated rings. The second-order valence-corrected chi connectivity index (χ2v) is 5.77. The molecule has 1 atom stereocenters. The summed E-state index contributed by atoms with van der Waals surface area (Å²) in [6.07, 6.45) is 1.37. The molecule has 0 aliphatic carbocycles. The number of anilines is 1. The van der Waals surface area contributed by atoms with E-state index in [4.69, 9.17) is 5.11 Å². The van der Waals surface area contributed by atoms with Gasteiger partial charge in [-0.05, 0) is 12.3 Å². The largest absolute Gasteiger partial charge is 0.481 e. The number of nitrogens with one attached hydrogen (secondary N) is 2. The summed E-state index contributed by atoms with van der Waals surface area (Å²) in [5, 5.41) is 16.5. The number of aromatic nitrogens is 1. The molecule has 1 rings (SSSR count). The second kappa shape index (κ2) is 7.84. The van der Waals surface area contributed by atoms with E-state index in [9.17, 15) is 9.59 Å². The molecule has 112 valence electrons. The van der Waals surface area contributed by atoms with Crippen molar-refractivity contribution in [1.82, 2.24) is 10.3 Å². The molecule has 0 bridgehead atoms. The SMILES string of the molecule is CCCC(CC(=O)O)NC(=O)Nc1nc(C(C)C)cs1. The van der Waals surface area contributed by atoms with Crippen molar-refractivity contribution < 1.29 is 14.7 Å². The number of carboxylic acid groups (broad SMARTS) is 1. The fourth-order valence-electron chi connectivity index (χ4n) is 1.71. The number of urea groups is 1. The number of carbonyl (C=O) groups excluding carboxylic acids is 1. The van der Waals surface area contributed by atoms with Gasteiger partial charge >= 0.3 is 12.0 Å². The molecule has 2 amide bonds. The van der Waals surface area contributed by atoms with Crippen molar-refractivity contribution in [3.8, 4) is 0 Å². The van der Waals surface area contributed by atoms with Crippen molar-refractivity contribution in [2.45, 2.75) is 52.0 Å². The molecule has 1 unspecified atom stereocenters. The third-order valence-electron chi connectivity index (χ3n) is 2.73. The van der Waals surface area contributed by atoms with Gasteiger partial charge in [-0.1, -0.05) is 27.2 Å². The van der Waals surface area contributed by atoms with Crippen molar-refractivity contribution in [2.75, 3.05) is 5.32 Å². The molecule has 3 N–H and O–H groups in total. The van der Waals surface area contributed by atoms with E-state index in [-0.39, 0.29) is 12.5 Å². The topological polar surface area (TPSA) is 91.3 Å². The average Bonchev–Trinajstić information content (AvgIpc) is 2.76. The van der Waals surface area contributed by atoms with Crippen LogP contribution in [0.2, 0.25) is 0 Å². The highest BCUT2D eigenvalue weighted by Gasteiger charge is 2.16. The predicted octanol–water partition coefficient (Wildman–Crippen LogP) is 3.03. The minimum atomic E-state index is -0.917. The van der Waals surface area contributed by atoms with Crippen LogP contribution in [0.3, 0.4) is 0 Å². The molecular weight excluding hydrogens is 278 g/mol. The van der Waals surface area contributed by atoms with Crippen LogP contribution in [0.4, 0.5) is 9.93 Å². The van der Waals surface area contributed by atoms with Gasteiger partial charge in [0.1, 0.15) is 0 Å². The van der Waals surface area contributed by atoms with Gasteiger partial charge in [-0.25, -0.2) is 9.78 Å². The fraction of sp³-hybridized carbons (Fsp3) is 0.615. The maximum atomic E-state index is 11.8. The molecule has 1 aromatic heterocycles. The molecule has 6 nitrogen and oxygen atoms in total. The molecule has 0 saturated carbocycles. The molecule has 0 saturated heterocycles. The van der Waals surface area contributed by atoms with Gasteiger partial charge in [0.2, 0.25) is 0 Å². The Kier molecular flexibility index (Phi) is 6.44. The zero-order valence-electron chi connectivity index (χ0n) is 12.0. The van der Waals surface area contributed by atoms with E-state index in [1.165, 1.54) is 11.3 Å². The Morgan fingerprint density at radius 3 is 2.65 bits per heavy atom. The van der Waals surface area contributed by atoms with Gasteiger partial charge in [0.05, 0.1) is 12.1 Å². The van der Waals surface area contributed by atoms with Crippen LogP contribution in [0, 0.1) is 0 Å². The number of hydrogen-bond donors (Lipinski definition) is 3. The first-order chi connectivity index (χ1) is 9.42. The summed E-state index contributed by atoms with van der Waals surface area (Å²) in [6.45, 7) is 6.01. The smallest absolute Gasteiger partial charge is 0.321 e. The van der Waals surface area contributed by atoms with E-state index in [0.29, 0.717) is 17.5 Å². The molecular formula is C13H21N3O3S. The molecule has 0 aromatic carbocycles. The van der Waals surface area contributed by atoms with Gasteiger partial charge in [-0.15, -0.1) is 11.3 Å². The van der Waals surface area contributed by atoms with E-state index >= 15 is 0 Å². The second-order valence-electron chi connectivity index (χ2n) is 4.91. The first-order valence-electron chi connectivity index (χ1n) is 6.67. The highest BCUT2D eigenvalue weighted by atomic mass is 32.1. The van der Waals surface area contributed by atoms with Gasteiger partial charge < -0.3 is 10.4 Å². The van der Waals surface area contributed by atoms with Crippen LogP contribution >= 0.6 is 11.3 Å². The Hall–Kier alpha value is -1.63. The lowest BCUT2D eigenvalue weighted by Gasteiger charge is -2.15. The summed E-state index contributed by atoms with van der Waals surface area (Å²) in [4.78, 5) is 26.8. The molecule has 20 heavy (non-hydrogen) atoms. The molecule has 0 spiro atoms. The van der Waals surface area contributed by atoms with Gasteiger partial charge in [0.25, 0.3) is 0 Å². The first-order valence-corrected chi connectivity index (χ1v) is 7.55. The van der Waals surface area contributed by atoms with Crippen LogP contribution < -0.4 is 10.6 Å². The zero-order chi connectivity index (χ0) is 15.1. The van der Waals surface area contributed by atoms with Gasteiger partial charge in [-0.3, -0.25) is 10.1 Å². The van der Waals surface area contributed by atoms with E-state index in [1.807, 2.05) is 26.2 Å². The Morgan fingerprint density at radius 1 is 1.45 bits per heavy atom. The summed E-state index contributed by atoms with van der Waals surface area (Å²) in [7, 11) is 0. The fourth-order valence-corrected chi connectivity index (χ4v) is 2.58. The summed E-state index contributed by atoms with van der Waals surface area (Å²) < 4.78 is 0. The quantitative estimate of drug-likeness (QED) is 0.721. The highest BCUT2D eigenvalue weighted by molar-refractivity contribution is 7.13. The van der Waals surface area contributed by atoms with Gasteiger partial charge in [-0.2, -0.15) is 0 Å². The molecule has 0 aliphatic heterocycles. The Morgan fingerprint density at radius 2 is 2.15 bits per heavy atom. The van der Waals surface area contributed by atoms with Crippen LogP contribution in [0.1, 0.15) is 51.6 Å². The van der Waals surface area contributed by atoms with Crippen LogP contribution in [-0.2, 0) is 4.79 Å². The summed E-state index contributed by atoms with van der Waals surface area (Å²) in [5.41, 5.74) is 0.931. The number of rotatable bonds is 7. The lowest BCUT2D eigenvalue weighted by molar-refractivity contribution is -0.137. The van der Waals surface area contributed by atoms with Crippen LogP contribution in [0.5, 0.6) is 0 Å². The summed E-state index contributed by atoms with van der Waals surface area (Å²) in [5.74, 6) is -0.607. The third-order valence-corrected chi connectivity index (χ3v) is 3.50. The van der Waals surface area contributed by atoms with Gasteiger partial charge in [0.15, 0.2) is 5.13 Å². The zero-order valence-corrected chi connectivity index (χ0v) is 12.8. The minimum absolute atomic E-state index is 0.0730. The Labute approximate surface area is 122 Å². The monoisotopic (exact) mass is 299 g/mol. The minimum Gasteiger partial charge on any atom is -0.481 e. The lowest BCUT2D eigenvalue weighted by atomic mass is 10.1. The van der Waals surface area contributed by atoms with E-state index < -0.39 is 12.0 Å². The molecule has 7 heteroatoms. The Bertz CT molecular complexity index is 459. The third kappa shape index (κ3) is 5.56. The molecule has 1 aromatic rings. The summed E-state index contributed by atoms with van der Waals surface area (Å²) >= 11 is 1.36. The number of nitrogens with zero attached hydrogens (tertiary/aromatic N) is 1. The number of hydrogen-bond acceptors (Lipinski definition) is 4. The van der Waals surface area contributed by atoms with Gasteiger partial charge in [0, 0.05) is 11.4 Å². The van der Waals surface area contributed by atoms with Crippen molar-refractivity contribution in [1.29, 1.82) is 0 Å². The summed E-state index contributed by atoms with van der Waals surface area (Å²) in [6, 6.07) is -0.767. The highest BCUT2D eigenvalue weighted by Crippen LogP contribution is 2.21. The van der Waals surface area contributed by atoms with Crippen LogP contribution in [-0.4, -0.2) is 28.1 Å². The van der Waals surface area contributed by atoms with Crippen molar-refractivity contribution >= 4 is 28.5 Å². The van der Waals surface area contributed by atoms with Crippen molar-refractivity contribution in [3.63, 3.8) is 0 Å².